The van der Waals surface area contributed by atoms with E-state index in [2.05, 4.69) is 39.7 Å². The Hall–Kier alpha value is -2.72. The van der Waals surface area contributed by atoms with Gasteiger partial charge in [0.05, 0.1) is 0 Å². The fraction of sp³-hybridized carbons (Fsp3) is 0. The molecule has 3 aromatic rings. The second-order valence-corrected chi connectivity index (χ2v) is 4.35. The summed E-state index contributed by atoms with van der Waals surface area (Å²) in [7, 11) is 0. The van der Waals surface area contributed by atoms with Crippen LogP contribution in [0.5, 0.6) is 0 Å². The highest BCUT2D eigenvalue weighted by Gasteiger charge is 2.03. The molecule has 3 N–H and O–H groups in total. The molecule has 0 atom stereocenters. The van der Waals surface area contributed by atoms with E-state index in [1.165, 1.54) is 11.1 Å². The lowest BCUT2D eigenvalue weighted by Gasteiger charge is -2.05. The minimum absolute atomic E-state index is 0.599. The van der Waals surface area contributed by atoms with Crippen molar-refractivity contribution in [3.05, 3.63) is 66.9 Å². The molecule has 0 radical (unpaired) electrons. The van der Waals surface area contributed by atoms with Crippen LogP contribution in [0.1, 0.15) is 0 Å². The molecule has 0 amide bonds. The number of rotatable bonds is 3. The van der Waals surface area contributed by atoms with Gasteiger partial charge in [0, 0.05) is 17.8 Å². The van der Waals surface area contributed by atoms with Crippen LogP contribution in [-0.4, -0.2) is 9.97 Å². The smallest absolute Gasteiger partial charge is 0.161 e. The second kappa shape index (κ2) is 5.50. The first-order valence-electron chi connectivity index (χ1n) is 6.32. The molecule has 0 fully saturated rings. The lowest BCUT2D eigenvalue weighted by molar-refractivity contribution is 1.15. The van der Waals surface area contributed by atoms with Crippen molar-refractivity contribution in [1.29, 1.82) is 0 Å². The van der Waals surface area contributed by atoms with E-state index >= 15 is 0 Å². The van der Waals surface area contributed by atoms with Crippen LogP contribution >= 0.6 is 0 Å². The maximum atomic E-state index is 5.36. The summed E-state index contributed by atoms with van der Waals surface area (Å²) in [6, 6.07) is 20.1. The van der Waals surface area contributed by atoms with E-state index in [0.29, 0.717) is 11.6 Å². The van der Waals surface area contributed by atoms with Crippen LogP contribution in [0.4, 0.5) is 5.82 Å². The zero-order valence-corrected chi connectivity index (χ0v) is 10.8. The Kier molecular flexibility index (Phi) is 3.39. The number of nitrogens with zero attached hydrogens (tertiary/aromatic N) is 2. The minimum Gasteiger partial charge on any atom is -0.308 e. The Labute approximate surface area is 117 Å². The largest absolute Gasteiger partial charge is 0.308 e. The zero-order valence-electron chi connectivity index (χ0n) is 10.8. The van der Waals surface area contributed by atoms with Crippen LogP contribution in [0.25, 0.3) is 22.5 Å². The first-order valence-corrected chi connectivity index (χ1v) is 6.32. The van der Waals surface area contributed by atoms with Crippen molar-refractivity contribution in [3.8, 4) is 22.5 Å². The molecule has 1 aromatic heterocycles. The number of hydrazine groups is 1. The average molecular weight is 262 g/mol. The van der Waals surface area contributed by atoms with E-state index in [1.54, 1.807) is 12.3 Å². The molecule has 0 saturated heterocycles. The third kappa shape index (κ3) is 2.50. The van der Waals surface area contributed by atoms with E-state index in [9.17, 15) is 0 Å². The normalized spacial score (nSPS) is 10.2. The molecule has 20 heavy (non-hydrogen) atoms. The Balaban J connectivity index is 1.93. The van der Waals surface area contributed by atoms with E-state index < -0.39 is 0 Å². The lowest BCUT2D eigenvalue weighted by atomic mass is 10.0. The van der Waals surface area contributed by atoms with Crippen molar-refractivity contribution in [1.82, 2.24) is 9.97 Å². The summed E-state index contributed by atoms with van der Waals surface area (Å²) in [6.07, 6.45) is 1.68. The van der Waals surface area contributed by atoms with E-state index in [1.807, 2.05) is 30.3 Å². The highest BCUT2D eigenvalue weighted by molar-refractivity contribution is 5.67. The Bertz CT molecular complexity index is 693. The lowest BCUT2D eigenvalue weighted by Crippen LogP contribution is -2.09. The van der Waals surface area contributed by atoms with Crippen molar-refractivity contribution in [2.75, 3.05) is 5.43 Å². The minimum atomic E-state index is 0.599. The van der Waals surface area contributed by atoms with E-state index in [0.717, 1.165) is 5.56 Å². The van der Waals surface area contributed by atoms with Crippen LogP contribution in [0, 0.1) is 0 Å². The summed E-state index contributed by atoms with van der Waals surface area (Å²) in [5.41, 5.74) is 5.84. The van der Waals surface area contributed by atoms with Gasteiger partial charge in [-0.05, 0) is 11.1 Å². The summed E-state index contributed by atoms with van der Waals surface area (Å²) < 4.78 is 0. The van der Waals surface area contributed by atoms with Gasteiger partial charge in [0.1, 0.15) is 5.82 Å². The summed E-state index contributed by atoms with van der Waals surface area (Å²) in [6.45, 7) is 0. The summed E-state index contributed by atoms with van der Waals surface area (Å²) in [4.78, 5) is 8.57. The maximum Gasteiger partial charge on any atom is 0.161 e. The molecule has 0 unspecified atom stereocenters. The fourth-order valence-corrected chi connectivity index (χ4v) is 2.02. The van der Waals surface area contributed by atoms with Gasteiger partial charge in [-0.2, -0.15) is 0 Å². The summed E-state index contributed by atoms with van der Waals surface area (Å²) in [5.74, 6) is 6.61. The van der Waals surface area contributed by atoms with Crippen molar-refractivity contribution in [2.45, 2.75) is 0 Å². The number of hydrogen-bond donors (Lipinski definition) is 2. The SMILES string of the molecule is NNc1ccnc(-c2ccc(-c3ccccc3)cc2)n1. The van der Waals surface area contributed by atoms with Crippen LogP contribution < -0.4 is 11.3 Å². The first kappa shape index (κ1) is 12.3. The molecule has 0 saturated carbocycles. The first-order chi connectivity index (χ1) is 9.86. The number of nitrogen functional groups attached to an aromatic ring is 1. The zero-order chi connectivity index (χ0) is 13.8. The van der Waals surface area contributed by atoms with Crippen LogP contribution in [0.3, 0.4) is 0 Å². The fourth-order valence-electron chi connectivity index (χ4n) is 2.02. The number of aromatic nitrogens is 2. The topological polar surface area (TPSA) is 63.8 Å². The standard InChI is InChI=1S/C16H14N4/c17-20-15-10-11-18-16(19-15)14-8-6-13(7-9-14)12-4-2-1-3-5-12/h1-11H,17H2,(H,18,19,20). The van der Waals surface area contributed by atoms with Crippen molar-refractivity contribution in [3.63, 3.8) is 0 Å². The van der Waals surface area contributed by atoms with E-state index in [4.69, 9.17) is 5.84 Å². The van der Waals surface area contributed by atoms with Crippen molar-refractivity contribution < 1.29 is 0 Å². The van der Waals surface area contributed by atoms with Gasteiger partial charge in [-0.3, -0.25) is 0 Å². The number of hydrogen-bond acceptors (Lipinski definition) is 4. The molecule has 1 heterocycles. The number of nitrogens with one attached hydrogen (secondary N) is 1. The third-order valence-corrected chi connectivity index (χ3v) is 3.05. The van der Waals surface area contributed by atoms with Gasteiger partial charge in [0.25, 0.3) is 0 Å². The Morgan fingerprint density at radius 3 is 2.10 bits per heavy atom. The molecular formula is C16H14N4. The summed E-state index contributed by atoms with van der Waals surface area (Å²) >= 11 is 0. The number of benzene rings is 2. The number of anilines is 1. The molecule has 3 rings (SSSR count). The average Bonchev–Trinajstić information content (AvgIpc) is 2.56. The van der Waals surface area contributed by atoms with Gasteiger partial charge in [0.2, 0.25) is 0 Å². The van der Waals surface area contributed by atoms with Gasteiger partial charge in [-0.1, -0.05) is 54.6 Å². The van der Waals surface area contributed by atoms with Crippen LogP contribution in [0.15, 0.2) is 66.9 Å². The highest BCUT2D eigenvalue weighted by atomic mass is 15.3. The molecule has 0 aliphatic carbocycles. The molecule has 4 heteroatoms. The maximum absolute atomic E-state index is 5.36. The van der Waals surface area contributed by atoms with Gasteiger partial charge in [-0.25, -0.2) is 15.8 Å². The van der Waals surface area contributed by atoms with Crippen molar-refractivity contribution >= 4 is 5.82 Å². The van der Waals surface area contributed by atoms with Crippen LogP contribution in [-0.2, 0) is 0 Å². The number of nitrogens with two attached hydrogens (primary N) is 1. The molecule has 98 valence electrons. The van der Waals surface area contributed by atoms with Gasteiger partial charge < -0.3 is 5.43 Å². The van der Waals surface area contributed by atoms with Gasteiger partial charge >= 0.3 is 0 Å². The Morgan fingerprint density at radius 2 is 1.40 bits per heavy atom. The molecule has 4 nitrogen and oxygen atoms in total. The predicted molar refractivity (Wildman–Crippen MR) is 80.7 cm³/mol. The van der Waals surface area contributed by atoms with E-state index in [-0.39, 0.29) is 0 Å². The van der Waals surface area contributed by atoms with Crippen LogP contribution in [0.2, 0.25) is 0 Å². The second-order valence-electron chi connectivity index (χ2n) is 4.35. The Morgan fingerprint density at radius 1 is 0.750 bits per heavy atom. The molecular weight excluding hydrogens is 248 g/mol. The predicted octanol–water partition coefficient (Wildman–Crippen LogP) is 3.10. The summed E-state index contributed by atoms with van der Waals surface area (Å²) in [5, 5.41) is 0. The quantitative estimate of drug-likeness (QED) is 0.562. The highest BCUT2D eigenvalue weighted by Crippen LogP contribution is 2.23. The molecule has 0 spiro atoms. The monoisotopic (exact) mass is 262 g/mol. The molecule has 0 aliphatic heterocycles. The molecule has 0 bridgehead atoms. The van der Waals surface area contributed by atoms with Gasteiger partial charge in [0.15, 0.2) is 5.82 Å². The third-order valence-electron chi connectivity index (χ3n) is 3.05. The van der Waals surface area contributed by atoms with Gasteiger partial charge in [-0.15, -0.1) is 0 Å². The van der Waals surface area contributed by atoms with Crippen molar-refractivity contribution in [2.24, 2.45) is 5.84 Å². The molecule has 2 aromatic carbocycles. The molecule has 0 aliphatic rings.